The Morgan fingerprint density at radius 3 is 2.60 bits per heavy atom. The van der Waals surface area contributed by atoms with E-state index in [4.69, 9.17) is 4.74 Å². The molecular weight excluding hydrogens is 250 g/mol. The Balaban J connectivity index is 2.52. The number of carbonyl (C=O) groups excluding carboxylic acids is 1. The van der Waals surface area contributed by atoms with Crippen LogP contribution in [0.2, 0.25) is 0 Å². The maximum absolute atomic E-state index is 12.7. The van der Waals surface area contributed by atoms with Crippen LogP contribution in [0.5, 0.6) is 0 Å². The number of esters is 1. The summed E-state index contributed by atoms with van der Waals surface area (Å²) in [5.41, 5.74) is 1.77. The van der Waals surface area contributed by atoms with Gasteiger partial charge in [0.2, 0.25) is 0 Å². The lowest BCUT2D eigenvalue weighted by molar-refractivity contribution is -0.150. The first-order valence-corrected chi connectivity index (χ1v) is 7.28. The molecule has 0 aliphatic carbocycles. The van der Waals surface area contributed by atoms with Crippen molar-refractivity contribution in [3.8, 4) is 0 Å². The van der Waals surface area contributed by atoms with Gasteiger partial charge < -0.3 is 9.64 Å². The molecule has 110 valence electrons. The van der Waals surface area contributed by atoms with Gasteiger partial charge in [-0.2, -0.15) is 0 Å². The molecule has 0 N–H and O–H groups in total. The second-order valence-electron chi connectivity index (χ2n) is 6.91. The Hall–Kier alpha value is -1.51. The number of rotatable bonds is 3. The molecule has 3 nitrogen and oxygen atoms in total. The van der Waals surface area contributed by atoms with Crippen molar-refractivity contribution in [3.05, 3.63) is 29.8 Å². The maximum atomic E-state index is 12.7. The van der Waals surface area contributed by atoms with Crippen LogP contribution in [0.3, 0.4) is 0 Å². The lowest BCUT2D eigenvalue weighted by atomic mass is 9.70. The number of para-hydroxylation sites is 1. The van der Waals surface area contributed by atoms with Crippen LogP contribution in [0.25, 0.3) is 0 Å². The Kier molecular flexibility index (Phi) is 3.81. The zero-order chi connectivity index (χ0) is 15.0. The molecule has 0 amide bonds. The largest absolute Gasteiger partial charge is 0.465 e. The first-order valence-electron chi connectivity index (χ1n) is 7.28. The number of ether oxygens (including phenoxy) is 1. The van der Waals surface area contributed by atoms with E-state index < -0.39 is 5.41 Å². The van der Waals surface area contributed by atoms with E-state index in [2.05, 4.69) is 37.8 Å². The standard InChI is InChI=1S/C17H25NO2/c1-6-20-15(19)17(11-16(2,3)4)12-18(5)14-10-8-7-9-13(14)17/h7-10H,6,11-12H2,1-5H3. The van der Waals surface area contributed by atoms with Gasteiger partial charge in [-0.3, -0.25) is 4.79 Å². The second-order valence-corrected chi connectivity index (χ2v) is 6.91. The van der Waals surface area contributed by atoms with Crippen molar-refractivity contribution < 1.29 is 9.53 Å². The smallest absolute Gasteiger partial charge is 0.318 e. The highest BCUT2D eigenvalue weighted by Gasteiger charge is 2.50. The average Bonchev–Trinajstić information content (AvgIpc) is 2.63. The van der Waals surface area contributed by atoms with E-state index in [1.165, 1.54) is 0 Å². The third kappa shape index (κ3) is 2.54. The van der Waals surface area contributed by atoms with Crippen LogP contribution in [-0.4, -0.2) is 26.2 Å². The molecule has 1 atom stereocenters. The van der Waals surface area contributed by atoms with E-state index in [-0.39, 0.29) is 11.4 Å². The molecule has 0 spiro atoms. The van der Waals surface area contributed by atoms with Crippen LogP contribution < -0.4 is 4.90 Å². The topological polar surface area (TPSA) is 29.5 Å². The van der Waals surface area contributed by atoms with Crippen molar-refractivity contribution in [1.82, 2.24) is 0 Å². The number of carbonyl (C=O) groups is 1. The van der Waals surface area contributed by atoms with Gasteiger partial charge in [-0.15, -0.1) is 0 Å². The van der Waals surface area contributed by atoms with Crippen molar-refractivity contribution in [2.24, 2.45) is 5.41 Å². The molecule has 0 saturated carbocycles. The first kappa shape index (κ1) is 14.9. The lowest BCUT2D eigenvalue weighted by Crippen LogP contribution is -2.44. The van der Waals surface area contributed by atoms with E-state index in [9.17, 15) is 4.79 Å². The van der Waals surface area contributed by atoms with Crippen molar-refractivity contribution in [3.63, 3.8) is 0 Å². The molecular formula is C17H25NO2. The summed E-state index contributed by atoms with van der Waals surface area (Å²) in [7, 11) is 2.04. The van der Waals surface area contributed by atoms with E-state index in [0.29, 0.717) is 13.2 Å². The fourth-order valence-corrected chi connectivity index (χ4v) is 3.36. The number of benzene rings is 1. The molecule has 0 fully saturated rings. The number of anilines is 1. The van der Waals surface area contributed by atoms with Crippen LogP contribution in [0.15, 0.2) is 24.3 Å². The van der Waals surface area contributed by atoms with Crippen LogP contribution in [-0.2, 0) is 14.9 Å². The zero-order valence-corrected chi connectivity index (χ0v) is 13.2. The molecule has 1 aliphatic heterocycles. The van der Waals surface area contributed by atoms with E-state index in [1.807, 2.05) is 26.1 Å². The number of likely N-dealkylation sites (N-methyl/N-ethyl adjacent to an activating group) is 1. The molecule has 0 saturated heterocycles. The van der Waals surface area contributed by atoms with Gasteiger partial charge in [-0.05, 0) is 30.4 Å². The molecule has 1 aromatic carbocycles. The Morgan fingerprint density at radius 1 is 1.35 bits per heavy atom. The predicted octanol–water partition coefficient (Wildman–Crippen LogP) is 3.37. The Morgan fingerprint density at radius 2 is 2.00 bits per heavy atom. The quantitative estimate of drug-likeness (QED) is 0.792. The molecule has 1 heterocycles. The van der Waals surface area contributed by atoms with Gasteiger partial charge >= 0.3 is 5.97 Å². The zero-order valence-electron chi connectivity index (χ0n) is 13.2. The molecule has 3 heteroatoms. The average molecular weight is 275 g/mol. The van der Waals surface area contributed by atoms with Gasteiger partial charge in [0.25, 0.3) is 0 Å². The fraction of sp³-hybridized carbons (Fsp3) is 0.588. The molecule has 1 aliphatic rings. The van der Waals surface area contributed by atoms with Gasteiger partial charge in [0.15, 0.2) is 0 Å². The minimum Gasteiger partial charge on any atom is -0.465 e. The number of hydrogen-bond donors (Lipinski definition) is 0. The molecule has 1 aromatic rings. The number of hydrogen-bond acceptors (Lipinski definition) is 3. The predicted molar refractivity (Wildman–Crippen MR) is 82.1 cm³/mol. The summed E-state index contributed by atoms with van der Waals surface area (Å²) in [6.07, 6.45) is 0.792. The second kappa shape index (κ2) is 5.12. The van der Waals surface area contributed by atoms with Crippen molar-refractivity contribution in [2.45, 2.75) is 39.5 Å². The molecule has 20 heavy (non-hydrogen) atoms. The Bertz CT molecular complexity index is 504. The highest BCUT2D eigenvalue weighted by molar-refractivity contribution is 5.89. The minimum absolute atomic E-state index is 0.0606. The van der Waals surface area contributed by atoms with E-state index in [1.54, 1.807) is 0 Å². The molecule has 2 rings (SSSR count). The van der Waals surface area contributed by atoms with E-state index in [0.717, 1.165) is 17.7 Å². The third-order valence-corrected chi connectivity index (χ3v) is 3.84. The SMILES string of the molecule is CCOC(=O)C1(CC(C)(C)C)CN(C)c2ccccc21. The Labute approximate surface area is 121 Å². The van der Waals surface area contributed by atoms with Crippen LogP contribution in [0.1, 0.15) is 39.7 Å². The lowest BCUT2D eigenvalue weighted by Gasteiger charge is -2.34. The van der Waals surface area contributed by atoms with Gasteiger partial charge in [0.1, 0.15) is 5.41 Å². The van der Waals surface area contributed by atoms with Crippen molar-refractivity contribution in [1.29, 1.82) is 0 Å². The summed E-state index contributed by atoms with van der Waals surface area (Å²) in [6, 6.07) is 8.18. The normalized spacial score (nSPS) is 21.8. The third-order valence-electron chi connectivity index (χ3n) is 3.84. The van der Waals surface area contributed by atoms with Gasteiger partial charge in [-0.25, -0.2) is 0 Å². The highest BCUT2D eigenvalue weighted by Crippen LogP contribution is 2.47. The monoisotopic (exact) mass is 275 g/mol. The molecule has 0 radical (unpaired) electrons. The summed E-state index contributed by atoms with van der Waals surface area (Å²) < 4.78 is 5.41. The van der Waals surface area contributed by atoms with E-state index >= 15 is 0 Å². The summed E-state index contributed by atoms with van der Waals surface area (Å²) >= 11 is 0. The number of fused-ring (bicyclic) bond motifs is 1. The summed E-state index contributed by atoms with van der Waals surface area (Å²) in [5.74, 6) is -0.0910. The van der Waals surface area contributed by atoms with Crippen LogP contribution >= 0.6 is 0 Å². The van der Waals surface area contributed by atoms with Crippen molar-refractivity contribution >= 4 is 11.7 Å². The van der Waals surface area contributed by atoms with Crippen LogP contribution in [0, 0.1) is 5.41 Å². The fourth-order valence-electron chi connectivity index (χ4n) is 3.36. The minimum atomic E-state index is -0.542. The van der Waals surface area contributed by atoms with Gasteiger partial charge in [0, 0.05) is 19.3 Å². The molecule has 0 aromatic heterocycles. The summed E-state index contributed by atoms with van der Waals surface area (Å²) in [4.78, 5) is 14.9. The molecule has 0 bridgehead atoms. The van der Waals surface area contributed by atoms with Crippen LogP contribution in [0.4, 0.5) is 5.69 Å². The van der Waals surface area contributed by atoms with Gasteiger partial charge in [-0.1, -0.05) is 39.0 Å². The summed E-state index contributed by atoms with van der Waals surface area (Å²) in [5, 5.41) is 0. The maximum Gasteiger partial charge on any atom is 0.318 e. The van der Waals surface area contributed by atoms with Gasteiger partial charge in [0.05, 0.1) is 6.61 Å². The number of nitrogens with zero attached hydrogens (tertiary/aromatic N) is 1. The van der Waals surface area contributed by atoms with Crippen molar-refractivity contribution in [2.75, 3.05) is 25.1 Å². The first-order chi connectivity index (χ1) is 9.30. The molecule has 1 unspecified atom stereocenters. The highest BCUT2D eigenvalue weighted by atomic mass is 16.5. The summed E-state index contributed by atoms with van der Waals surface area (Å²) in [6.45, 7) is 9.52.